The van der Waals surface area contributed by atoms with Gasteiger partial charge in [-0.2, -0.15) is 15.6 Å². The van der Waals surface area contributed by atoms with Gasteiger partial charge >= 0.3 is 0 Å². The van der Waals surface area contributed by atoms with E-state index in [-0.39, 0.29) is 41.2 Å². The average molecular weight is 335 g/mol. The van der Waals surface area contributed by atoms with Gasteiger partial charge in [0.25, 0.3) is 0 Å². The van der Waals surface area contributed by atoms with Crippen LogP contribution < -0.4 is 5.73 Å². The molecule has 0 aliphatic heterocycles. The molecule has 3 N–H and O–H groups in total. The molecule has 0 aliphatic carbocycles. The monoisotopic (exact) mass is 335 g/mol. The molecule has 25 heavy (non-hydrogen) atoms. The van der Waals surface area contributed by atoms with Crippen LogP contribution >= 0.6 is 0 Å². The van der Waals surface area contributed by atoms with E-state index in [4.69, 9.17) is 10.8 Å². The Bertz CT molecular complexity index is 871. The molecule has 0 saturated heterocycles. The summed E-state index contributed by atoms with van der Waals surface area (Å²) in [4.78, 5) is 0. The molecule has 128 valence electrons. The highest BCUT2D eigenvalue weighted by Gasteiger charge is 2.19. The van der Waals surface area contributed by atoms with Crippen molar-refractivity contribution in [1.29, 1.82) is 10.5 Å². The zero-order chi connectivity index (χ0) is 18.6. The molecule has 0 fully saturated rings. The lowest BCUT2D eigenvalue weighted by atomic mass is 9.86. The Balaban J connectivity index is 2.47. The lowest BCUT2D eigenvalue weighted by molar-refractivity contribution is 0.270. The maximum atomic E-state index is 9.51. The number of aliphatic hydroxyl groups is 1. The summed E-state index contributed by atoms with van der Waals surface area (Å²) in [5, 5.41) is 32.1. The molecule has 0 aliphatic rings. The summed E-state index contributed by atoms with van der Waals surface area (Å²) < 4.78 is 1.34. The highest BCUT2D eigenvalue weighted by Crippen LogP contribution is 2.26. The van der Waals surface area contributed by atoms with Crippen LogP contribution in [0.3, 0.4) is 0 Å². The molecule has 0 atom stereocenters. The van der Waals surface area contributed by atoms with Crippen LogP contribution in [0.2, 0.25) is 0 Å². The number of nitriles is 2. The maximum absolute atomic E-state index is 9.51. The van der Waals surface area contributed by atoms with E-state index in [1.54, 1.807) is 6.08 Å². The van der Waals surface area contributed by atoms with Crippen LogP contribution in [0.4, 0.5) is 5.82 Å². The molecule has 0 amide bonds. The molecule has 2 rings (SSSR count). The summed E-state index contributed by atoms with van der Waals surface area (Å²) in [6.07, 6.45) is 1.68. The van der Waals surface area contributed by atoms with Crippen molar-refractivity contribution in [2.75, 3.05) is 12.3 Å². The van der Waals surface area contributed by atoms with Crippen molar-refractivity contribution in [2.24, 2.45) is 0 Å². The van der Waals surface area contributed by atoms with Crippen LogP contribution in [0, 0.1) is 22.7 Å². The first-order valence-electron chi connectivity index (χ1n) is 7.91. The van der Waals surface area contributed by atoms with Crippen LogP contribution in [0.25, 0.3) is 11.6 Å². The highest BCUT2D eigenvalue weighted by atomic mass is 16.3. The number of hydrogen-bond donors (Lipinski definition) is 2. The summed E-state index contributed by atoms with van der Waals surface area (Å²) in [7, 11) is 0. The van der Waals surface area contributed by atoms with Crippen molar-refractivity contribution in [3.8, 4) is 12.1 Å². The van der Waals surface area contributed by atoms with Gasteiger partial charge in [0.05, 0.1) is 18.7 Å². The SMILES string of the molecule is CC(C)(C)c1ccc(C=C(C#N)c2nn(CCO)c(N)c2C#N)cc1. The van der Waals surface area contributed by atoms with Crippen molar-refractivity contribution >= 4 is 17.5 Å². The second kappa shape index (κ2) is 7.21. The van der Waals surface area contributed by atoms with E-state index in [2.05, 4.69) is 31.9 Å². The Hall–Kier alpha value is -3.09. The predicted octanol–water partition coefficient (Wildman–Crippen LogP) is 2.69. The van der Waals surface area contributed by atoms with Crippen molar-refractivity contribution in [3.05, 3.63) is 46.6 Å². The first-order valence-corrected chi connectivity index (χ1v) is 7.91. The van der Waals surface area contributed by atoms with Gasteiger partial charge in [-0.15, -0.1) is 0 Å². The number of rotatable bonds is 4. The van der Waals surface area contributed by atoms with E-state index < -0.39 is 0 Å². The van der Waals surface area contributed by atoms with Gasteiger partial charge in [-0.25, -0.2) is 4.68 Å². The first-order chi connectivity index (χ1) is 11.8. The number of nitrogens with two attached hydrogens (primary N) is 1. The van der Waals surface area contributed by atoms with Gasteiger partial charge in [-0.05, 0) is 22.6 Å². The summed E-state index contributed by atoms with van der Waals surface area (Å²) >= 11 is 0. The average Bonchev–Trinajstić information content (AvgIpc) is 2.88. The Kier molecular flexibility index (Phi) is 5.26. The van der Waals surface area contributed by atoms with Gasteiger partial charge in [-0.1, -0.05) is 45.0 Å². The van der Waals surface area contributed by atoms with Crippen molar-refractivity contribution in [1.82, 2.24) is 9.78 Å². The highest BCUT2D eigenvalue weighted by molar-refractivity contribution is 5.91. The van der Waals surface area contributed by atoms with Crippen molar-refractivity contribution < 1.29 is 5.11 Å². The molecule has 2 aromatic rings. The number of nitrogens with zero attached hydrogens (tertiary/aromatic N) is 4. The quantitative estimate of drug-likeness (QED) is 0.834. The largest absolute Gasteiger partial charge is 0.394 e. The molecule has 0 spiro atoms. The van der Waals surface area contributed by atoms with Gasteiger partial charge < -0.3 is 10.8 Å². The molecule has 1 heterocycles. The predicted molar refractivity (Wildman–Crippen MR) is 97.1 cm³/mol. The zero-order valence-corrected chi connectivity index (χ0v) is 14.6. The van der Waals surface area contributed by atoms with Gasteiger partial charge in [0.1, 0.15) is 29.2 Å². The van der Waals surface area contributed by atoms with Gasteiger partial charge in [0.2, 0.25) is 0 Å². The molecule has 0 saturated carbocycles. The van der Waals surface area contributed by atoms with E-state index in [1.165, 1.54) is 10.2 Å². The molecule has 0 radical (unpaired) electrons. The fourth-order valence-corrected chi connectivity index (χ4v) is 2.44. The number of allylic oxidation sites excluding steroid dienone is 1. The molecule has 0 bridgehead atoms. The van der Waals surface area contributed by atoms with Crippen LogP contribution in [0.5, 0.6) is 0 Å². The Morgan fingerprint density at radius 2 is 1.92 bits per heavy atom. The minimum Gasteiger partial charge on any atom is -0.394 e. The normalized spacial score (nSPS) is 11.8. The number of aromatic nitrogens is 2. The lowest BCUT2D eigenvalue weighted by Crippen LogP contribution is -2.10. The molecule has 6 nitrogen and oxygen atoms in total. The van der Waals surface area contributed by atoms with E-state index in [1.807, 2.05) is 30.3 Å². The molecular formula is C19H21N5O. The maximum Gasteiger partial charge on any atom is 0.140 e. The summed E-state index contributed by atoms with van der Waals surface area (Å²) in [6, 6.07) is 12.0. The number of hydrogen-bond acceptors (Lipinski definition) is 5. The lowest BCUT2D eigenvalue weighted by Gasteiger charge is -2.18. The topological polar surface area (TPSA) is 112 Å². The Labute approximate surface area is 147 Å². The summed E-state index contributed by atoms with van der Waals surface area (Å²) in [5.74, 6) is 0.149. The van der Waals surface area contributed by atoms with E-state index in [9.17, 15) is 10.5 Å². The van der Waals surface area contributed by atoms with Crippen molar-refractivity contribution in [2.45, 2.75) is 32.7 Å². The smallest absolute Gasteiger partial charge is 0.140 e. The summed E-state index contributed by atoms with van der Waals surface area (Å²) in [6.45, 7) is 6.41. The number of nitrogen functional groups attached to an aromatic ring is 1. The van der Waals surface area contributed by atoms with E-state index in [0.717, 1.165) is 5.56 Å². The van der Waals surface area contributed by atoms with E-state index >= 15 is 0 Å². The molecule has 1 aromatic heterocycles. The van der Waals surface area contributed by atoms with Crippen LogP contribution in [0.1, 0.15) is 43.2 Å². The number of anilines is 1. The second-order valence-electron chi connectivity index (χ2n) is 6.71. The third-order valence-electron chi connectivity index (χ3n) is 3.88. The first kappa shape index (κ1) is 18.3. The molecule has 1 aromatic carbocycles. The fourth-order valence-electron chi connectivity index (χ4n) is 2.44. The number of aliphatic hydroxyl groups excluding tert-OH is 1. The van der Waals surface area contributed by atoms with E-state index in [0.29, 0.717) is 0 Å². The zero-order valence-electron chi connectivity index (χ0n) is 14.6. The minimum atomic E-state index is -0.157. The summed E-state index contributed by atoms with van der Waals surface area (Å²) in [5.41, 5.74) is 8.59. The van der Waals surface area contributed by atoms with Crippen LogP contribution in [-0.2, 0) is 12.0 Å². The fraction of sp³-hybridized carbons (Fsp3) is 0.316. The third-order valence-corrected chi connectivity index (χ3v) is 3.88. The Morgan fingerprint density at radius 1 is 1.28 bits per heavy atom. The Morgan fingerprint density at radius 3 is 2.40 bits per heavy atom. The standard InChI is InChI=1S/C19H21N5O/c1-19(2,3)15-6-4-13(5-7-15)10-14(11-20)17-16(12-21)18(22)24(23-17)8-9-25/h4-7,10,25H,8-9,22H2,1-3H3. The van der Waals surface area contributed by atoms with Gasteiger partial charge in [0, 0.05) is 0 Å². The minimum absolute atomic E-state index is 0.0474. The molecule has 6 heteroatoms. The second-order valence-corrected chi connectivity index (χ2v) is 6.71. The third kappa shape index (κ3) is 3.88. The van der Waals surface area contributed by atoms with Gasteiger partial charge in [-0.3, -0.25) is 0 Å². The van der Waals surface area contributed by atoms with Gasteiger partial charge in [0.15, 0.2) is 0 Å². The van der Waals surface area contributed by atoms with Crippen LogP contribution in [0.15, 0.2) is 24.3 Å². The van der Waals surface area contributed by atoms with Crippen LogP contribution in [-0.4, -0.2) is 21.5 Å². The van der Waals surface area contributed by atoms with Crippen molar-refractivity contribution in [3.63, 3.8) is 0 Å². The molecular weight excluding hydrogens is 314 g/mol. The molecule has 0 unspecified atom stereocenters. The number of benzene rings is 1.